The van der Waals surface area contributed by atoms with Crippen molar-refractivity contribution in [3.8, 4) is 0 Å². The van der Waals surface area contributed by atoms with E-state index in [1.807, 2.05) is 0 Å². The highest BCUT2D eigenvalue weighted by atomic mass is 79.9. The van der Waals surface area contributed by atoms with Gasteiger partial charge in [-0.15, -0.1) is 12.4 Å². The Bertz CT molecular complexity index is 729. The van der Waals surface area contributed by atoms with Crippen LogP contribution in [0.15, 0.2) is 22.8 Å². The molecule has 0 N–H and O–H groups in total. The van der Waals surface area contributed by atoms with Gasteiger partial charge in [-0.25, -0.2) is 0 Å². The smallest absolute Gasteiger partial charge is 0.0496 e. The molecule has 3 heterocycles. The molecule has 2 nitrogen and oxygen atoms in total. The van der Waals surface area contributed by atoms with E-state index in [4.69, 9.17) is 0 Å². The summed E-state index contributed by atoms with van der Waals surface area (Å²) in [5, 5.41) is 0. The van der Waals surface area contributed by atoms with Crippen molar-refractivity contribution >= 4 is 33.9 Å². The third-order valence-corrected chi connectivity index (χ3v) is 6.33. The van der Waals surface area contributed by atoms with Crippen LogP contribution in [0.5, 0.6) is 0 Å². The van der Waals surface area contributed by atoms with Crippen LogP contribution >= 0.6 is 28.3 Å². The zero-order valence-corrected chi connectivity index (χ0v) is 16.6. The first-order valence-electron chi connectivity index (χ1n) is 8.52. The Morgan fingerprint density at radius 2 is 1.91 bits per heavy atom. The third-order valence-electron chi connectivity index (χ3n) is 5.83. The molecule has 1 aliphatic heterocycles. The average Bonchev–Trinajstić information content (AvgIpc) is 3.07. The maximum atomic E-state index is 3.64. The molecule has 0 spiro atoms. The molecule has 4 rings (SSSR count). The van der Waals surface area contributed by atoms with E-state index in [1.165, 1.54) is 54.3 Å². The maximum Gasteiger partial charge on any atom is 0.0496 e. The second-order valence-electron chi connectivity index (χ2n) is 7.72. The first kappa shape index (κ1) is 17.3. The van der Waals surface area contributed by atoms with E-state index in [9.17, 15) is 0 Å². The molecule has 23 heavy (non-hydrogen) atoms. The number of aromatic nitrogens is 1. The number of nitrogens with zero attached hydrogens (tertiary/aromatic N) is 2. The van der Waals surface area contributed by atoms with E-state index >= 15 is 0 Å². The lowest BCUT2D eigenvalue weighted by Crippen LogP contribution is -2.40. The van der Waals surface area contributed by atoms with E-state index in [0.29, 0.717) is 11.5 Å². The van der Waals surface area contributed by atoms with Gasteiger partial charge in [0.2, 0.25) is 0 Å². The number of fused-ring (bicyclic) bond motifs is 3. The maximum absolute atomic E-state index is 3.64. The second kappa shape index (κ2) is 6.09. The Hall–Kier alpha value is -0.510. The zero-order valence-electron chi connectivity index (χ0n) is 14.2. The van der Waals surface area contributed by atoms with Crippen LogP contribution in [0, 0.1) is 12.3 Å². The standard InChI is InChI=1S/C19H25BrN2.ClH/c1-13-16-12-14(20)7-11-22(16)15-6-8-19(2,3)18(17(13)15)21-9-4-5-10-21;/h7,11-12,18H,4-6,8-10H2,1-3H3;1H. The molecule has 0 bridgehead atoms. The minimum absolute atomic E-state index is 0. The summed E-state index contributed by atoms with van der Waals surface area (Å²) in [7, 11) is 0. The molecule has 0 amide bonds. The molecular formula is C19H26BrClN2. The normalized spacial score (nSPS) is 23.7. The lowest BCUT2D eigenvalue weighted by Gasteiger charge is -2.44. The highest BCUT2D eigenvalue weighted by Gasteiger charge is 2.42. The van der Waals surface area contributed by atoms with Crippen LogP contribution in [0.3, 0.4) is 0 Å². The lowest BCUT2D eigenvalue weighted by molar-refractivity contribution is 0.0903. The van der Waals surface area contributed by atoms with Gasteiger partial charge in [-0.05, 0) is 74.4 Å². The predicted octanol–water partition coefficient (Wildman–Crippen LogP) is 5.54. The summed E-state index contributed by atoms with van der Waals surface area (Å²) in [4.78, 5) is 2.75. The van der Waals surface area contributed by atoms with Crippen molar-refractivity contribution in [1.82, 2.24) is 9.30 Å². The number of halogens is 2. The molecular weight excluding hydrogens is 372 g/mol. The van der Waals surface area contributed by atoms with Crippen molar-refractivity contribution in [3.05, 3.63) is 39.6 Å². The number of pyridine rings is 1. The van der Waals surface area contributed by atoms with Crippen LogP contribution in [0.2, 0.25) is 0 Å². The molecule has 1 fully saturated rings. The summed E-state index contributed by atoms with van der Waals surface area (Å²) >= 11 is 3.64. The van der Waals surface area contributed by atoms with Crippen molar-refractivity contribution in [1.29, 1.82) is 0 Å². The summed E-state index contributed by atoms with van der Waals surface area (Å²) in [6.07, 6.45) is 7.44. The molecule has 126 valence electrons. The highest BCUT2D eigenvalue weighted by molar-refractivity contribution is 9.10. The Morgan fingerprint density at radius 1 is 1.22 bits per heavy atom. The third kappa shape index (κ3) is 2.65. The fourth-order valence-electron chi connectivity index (χ4n) is 4.75. The van der Waals surface area contributed by atoms with Gasteiger partial charge in [-0.3, -0.25) is 4.90 Å². The highest BCUT2D eigenvalue weighted by Crippen LogP contribution is 2.50. The van der Waals surface area contributed by atoms with Crippen LogP contribution < -0.4 is 0 Å². The summed E-state index contributed by atoms with van der Waals surface area (Å²) in [5.74, 6) is 0. The van der Waals surface area contributed by atoms with Gasteiger partial charge in [0.1, 0.15) is 0 Å². The van der Waals surface area contributed by atoms with Gasteiger partial charge in [-0.1, -0.05) is 29.8 Å². The fraction of sp³-hybridized carbons (Fsp3) is 0.579. The molecule has 1 aliphatic carbocycles. The Morgan fingerprint density at radius 3 is 2.61 bits per heavy atom. The number of rotatable bonds is 1. The number of hydrogen-bond acceptors (Lipinski definition) is 1. The average molecular weight is 398 g/mol. The first-order valence-corrected chi connectivity index (χ1v) is 9.31. The summed E-state index contributed by atoms with van der Waals surface area (Å²) in [6, 6.07) is 5.02. The molecule has 1 unspecified atom stereocenters. The predicted molar refractivity (Wildman–Crippen MR) is 103 cm³/mol. The molecule has 1 saturated heterocycles. The summed E-state index contributed by atoms with van der Waals surface area (Å²) in [6.45, 7) is 9.80. The molecule has 2 aliphatic rings. The van der Waals surface area contributed by atoms with Crippen molar-refractivity contribution < 1.29 is 0 Å². The molecule has 0 radical (unpaired) electrons. The van der Waals surface area contributed by atoms with Crippen LogP contribution in [-0.2, 0) is 6.42 Å². The van der Waals surface area contributed by atoms with Crippen LogP contribution in [0.4, 0.5) is 0 Å². The summed E-state index contributed by atoms with van der Waals surface area (Å²) in [5.41, 5.74) is 6.40. The SMILES string of the molecule is Cc1c2c(n3ccc(Br)cc13)CCC(C)(C)C2N1CCCC1.Cl. The van der Waals surface area contributed by atoms with Crippen molar-refractivity contribution in [2.75, 3.05) is 13.1 Å². The van der Waals surface area contributed by atoms with Gasteiger partial charge < -0.3 is 4.40 Å². The molecule has 2 aromatic heterocycles. The molecule has 0 saturated carbocycles. The van der Waals surface area contributed by atoms with Crippen molar-refractivity contribution in [3.63, 3.8) is 0 Å². The Labute approximate surface area is 153 Å². The van der Waals surface area contributed by atoms with Crippen LogP contribution in [-0.4, -0.2) is 22.4 Å². The summed E-state index contributed by atoms with van der Waals surface area (Å²) < 4.78 is 3.61. The Kier molecular flexibility index (Phi) is 4.59. The van der Waals surface area contributed by atoms with E-state index in [2.05, 4.69) is 64.3 Å². The second-order valence-corrected chi connectivity index (χ2v) is 8.64. The number of likely N-dealkylation sites (tertiary alicyclic amines) is 1. The van der Waals surface area contributed by atoms with Gasteiger partial charge in [0.15, 0.2) is 0 Å². The largest absolute Gasteiger partial charge is 0.320 e. The van der Waals surface area contributed by atoms with Gasteiger partial charge >= 0.3 is 0 Å². The van der Waals surface area contributed by atoms with E-state index in [-0.39, 0.29) is 12.4 Å². The van der Waals surface area contributed by atoms with Crippen LogP contribution in [0.1, 0.15) is 56.0 Å². The van der Waals surface area contributed by atoms with Gasteiger partial charge in [0.05, 0.1) is 0 Å². The van der Waals surface area contributed by atoms with Crippen LogP contribution in [0.25, 0.3) is 5.52 Å². The fourth-order valence-corrected chi connectivity index (χ4v) is 5.08. The molecule has 1 atom stereocenters. The Balaban J connectivity index is 0.00000156. The number of aryl methyl sites for hydroxylation is 2. The zero-order chi connectivity index (χ0) is 15.5. The topological polar surface area (TPSA) is 7.65 Å². The van der Waals surface area contributed by atoms with Crippen molar-refractivity contribution in [2.24, 2.45) is 5.41 Å². The molecule has 0 aromatic carbocycles. The van der Waals surface area contributed by atoms with E-state index in [1.54, 1.807) is 11.3 Å². The van der Waals surface area contributed by atoms with Crippen molar-refractivity contribution in [2.45, 2.75) is 52.5 Å². The number of hydrogen-bond donors (Lipinski definition) is 0. The van der Waals surface area contributed by atoms with Gasteiger partial charge in [0.25, 0.3) is 0 Å². The molecule has 4 heteroatoms. The molecule has 2 aromatic rings. The van der Waals surface area contributed by atoms with E-state index in [0.717, 1.165) is 0 Å². The van der Waals surface area contributed by atoms with Gasteiger partial charge in [-0.2, -0.15) is 0 Å². The monoisotopic (exact) mass is 396 g/mol. The van der Waals surface area contributed by atoms with E-state index < -0.39 is 0 Å². The first-order chi connectivity index (χ1) is 10.5. The minimum Gasteiger partial charge on any atom is -0.320 e. The lowest BCUT2D eigenvalue weighted by atomic mass is 9.70. The minimum atomic E-state index is 0. The quantitative estimate of drug-likeness (QED) is 0.613. The van der Waals surface area contributed by atoms with Gasteiger partial charge in [0, 0.05) is 27.9 Å².